The van der Waals surface area contributed by atoms with Crippen LogP contribution in [0.15, 0.2) is 41.3 Å². The SMILES string of the molecule is CCCCNC(=O)[C@@H](CC)n1c(C)c2cnn(-c3ccccc3)c(=O)c2c1C. The predicted molar refractivity (Wildman–Crippen MR) is 112 cm³/mol. The molecule has 3 aromatic rings. The summed E-state index contributed by atoms with van der Waals surface area (Å²) >= 11 is 0. The Bertz CT molecular complexity index is 1030. The van der Waals surface area contributed by atoms with E-state index in [9.17, 15) is 9.59 Å². The van der Waals surface area contributed by atoms with Crippen LogP contribution in [0.3, 0.4) is 0 Å². The number of nitrogens with zero attached hydrogens (tertiary/aromatic N) is 3. The van der Waals surface area contributed by atoms with Gasteiger partial charge in [0.25, 0.3) is 5.56 Å². The molecule has 0 aliphatic carbocycles. The van der Waals surface area contributed by atoms with Crippen LogP contribution in [0.2, 0.25) is 0 Å². The number of carbonyl (C=O) groups excluding carboxylic acids is 1. The minimum absolute atomic E-state index is 0.00111. The largest absolute Gasteiger partial charge is 0.354 e. The molecule has 6 nitrogen and oxygen atoms in total. The van der Waals surface area contributed by atoms with Gasteiger partial charge in [-0.1, -0.05) is 38.5 Å². The van der Waals surface area contributed by atoms with Crippen molar-refractivity contribution in [2.75, 3.05) is 6.54 Å². The number of para-hydroxylation sites is 1. The zero-order valence-corrected chi connectivity index (χ0v) is 17.0. The molecule has 6 heteroatoms. The molecular weight excluding hydrogens is 352 g/mol. The van der Waals surface area contributed by atoms with Crippen LogP contribution in [-0.4, -0.2) is 26.8 Å². The molecule has 0 aliphatic rings. The molecule has 1 amide bonds. The van der Waals surface area contributed by atoms with E-state index in [1.807, 2.05) is 55.7 Å². The quantitative estimate of drug-likeness (QED) is 0.636. The van der Waals surface area contributed by atoms with Crippen molar-refractivity contribution in [1.82, 2.24) is 19.7 Å². The van der Waals surface area contributed by atoms with Crippen molar-refractivity contribution in [3.05, 3.63) is 58.3 Å². The monoisotopic (exact) mass is 380 g/mol. The molecular formula is C22H28N4O2. The topological polar surface area (TPSA) is 68.9 Å². The number of aryl methyl sites for hydroxylation is 2. The Labute approximate surface area is 165 Å². The first-order valence-corrected chi connectivity index (χ1v) is 9.93. The molecule has 148 valence electrons. The zero-order chi connectivity index (χ0) is 20.3. The highest BCUT2D eigenvalue weighted by molar-refractivity contribution is 5.89. The number of hydrogen-bond donors (Lipinski definition) is 1. The van der Waals surface area contributed by atoms with Gasteiger partial charge in [-0.05, 0) is 38.8 Å². The Hall–Kier alpha value is -2.89. The average molecular weight is 380 g/mol. The summed E-state index contributed by atoms with van der Waals surface area (Å²) in [4.78, 5) is 26.0. The van der Waals surface area contributed by atoms with Gasteiger partial charge in [0, 0.05) is 23.3 Å². The van der Waals surface area contributed by atoms with E-state index in [-0.39, 0.29) is 17.5 Å². The summed E-state index contributed by atoms with van der Waals surface area (Å²) < 4.78 is 3.41. The Morgan fingerprint density at radius 3 is 2.50 bits per heavy atom. The van der Waals surface area contributed by atoms with Crippen LogP contribution in [0.4, 0.5) is 0 Å². The highest BCUT2D eigenvalue weighted by Crippen LogP contribution is 2.27. The molecule has 3 rings (SSSR count). The molecule has 28 heavy (non-hydrogen) atoms. The lowest BCUT2D eigenvalue weighted by Gasteiger charge is -2.20. The summed E-state index contributed by atoms with van der Waals surface area (Å²) in [5, 5.41) is 8.82. The lowest BCUT2D eigenvalue weighted by molar-refractivity contribution is -0.124. The summed E-state index contributed by atoms with van der Waals surface area (Å²) in [5.41, 5.74) is 2.27. The maximum Gasteiger partial charge on any atom is 0.281 e. The Morgan fingerprint density at radius 2 is 1.86 bits per heavy atom. The number of amides is 1. The molecule has 0 bridgehead atoms. The fourth-order valence-corrected chi connectivity index (χ4v) is 3.79. The Balaban J connectivity index is 2.11. The van der Waals surface area contributed by atoms with Crippen LogP contribution in [0.5, 0.6) is 0 Å². The second-order valence-corrected chi connectivity index (χ2v) is 7.10. The van der Waals surface area contributed by atoms with E-state index in [0.29, 0.717) is 18.4 Å². The van der Waals surface area contributed by atoms with Crippen molar-refractivity contribution < 1.29 is 4.79 Å². The first kappa shape index (κ1) is 19.9. The van der Waals surface area contributed by atoms with E-state index in [1.165, 1.54) is 4.68 Å². The lowest BCUT2D eigenvalue weighted by Crippen LogP contribution is -2.33. The van der Waals surface area contributed by atoms with Gasteiger partial charge in [-0.25, -0.2) is 0 Å². The first-order chi connectivity index (χ1) is 13.5. The number of carbonyl (C=O) groups is 1. The van der Waals surface area contributed by atoms with Gasteiger partial charge in [-0.15, -0.1) is 0 Å². The van der Waals surface area contributed by atoms with Crippen LogP contribution < -0.4 is 10.9 Å². The normalized spacial score (nSPS) is 12.3. The fourth-order valence-electron chi connectivity index (χ4n) is 3.79. The van der Waals surface area contributed by atoms with Crippen LogP contribution in [-0.2, 0) is 4.79 Å². The molecule has 2 aromatic heterocycles. The van der Waals surface area contributed by atoms with E-state index in [0.717, 1.165) is 35.3 Å². The second kappa shape index (κ2) is 8.42. The summed E-state index contributed by atoms with van der Waals surface area (Å²) in [5.74, 6) is -0.00111. The molecule has 1 aromatic carbocycles. The molecule has 0 unspecified atom stereocenters. The molecule has 2 heterocycles. The molecule has 0 saturated carbocycles. The molecule has 0 saturated heterocycles. The maximum absolute atomic E-state index is 13.2. The summed E-state index contributed by atoms with van der Waals surface area (Å²) in [6.45, 7) is 8.63. The van der Waals surface area contributed by atoms with E-state index >= 15 is 0 Å². The minimum Gasteiger partial charge on any atom is -0.354 e. The summed E-state index contributed by atoms with van der Waals surface area (Å²) in [6, 6.07) is 9.04. The Morgan fingerprint density at radius 1 is 1.14 bits per heavy atom. The van der Waals surface area contributed by atoms with Gasteiger partial charge in [0.1, 0.15) is 6.04 Å². The van der Waals surface area contributed by atoms with Crippen LogP contribution in [0, 0.1) is 13.8 Å². The smallest absolute Gasteiger partial charge is 0.281 e. The van der Waals surface area contributed by atoms with Crippen LogP contribution >= 0.6 is 0 Å². The third-order valence-corrected chi connectivity index (χ3v) is 5.28. The predicted octanol–water partition coefficient (Wildman–Crippen LogP) is 3.67. The van der Waals surface area contributed by atoms with Crippen molar-refractivity contribution in [1.29, 1.82) is 0 Å². The standard InChI is InChI=1S/C22H28N4O2/c1-5-7-13-23-21(27)19(6-2)25-15(3)18-14-24-26(17-11-9-8-10-12-17)22(28)20(18)16(25)4/h8-12,14,19H,5-7,13H2,1-4H3,(H,23,27)/t19-/m1/s1. The van der Waals surface area contributed by atoms with Crippen LogP contribution in [0.25, 0.3) is 16.5 Å². The van der Waals surface area contributed by atoms with Crippen molar-refractivity contribution in [3.8, 4) is 5.69 Å². The van der Waals surface area contributed by atoms with E-state index in [1.54, 1.807) is 6.20 Å². The number of aromatic nitrogens is 3. The molecule has 0 aliphatic heterocycles. The first-order valence-electron chi connectivity index (χ1n) is 9.93. The van der Waals surface area contributed by atoms with Crippen molar-refractivity contribution in [2.24, 2.45) is 0 Å². The average Bonchev–Trinajstić information content (AvgIpc) is 2.95. The zero-order valence-electron chi connectivity index (χ0n) is 17.0. The van der Waals surface area contributed by atoms with Gasteiger partial charge in [0.2, 0.25) is 5.91 Å². The van der Waals surface area contributed by atoms with Gasteiger partial charge >= 0.3 is 0 Å². The number of unbranched alkanes of at least 4 members (excludes halogenated alkanes) is 1. The summed E-state index contributed by atoms with van der Waals surface area (Å²) in [7, 11) is 0. The lowest BCUT2D eigenvalue weighted by atomic mass is 10.2. The van der Waals surface area contributed by atoms with Gasteiger partial charge in [-0.2, -0.15) is 9.78 Å². The van der Waals surface area contributed by atoms with E-state index in [4.69, 9.17) is 0 Å². The number of benzene rings is 1. The minimum atomic E-state index is -0.339. The molecule has 0 fully saturated rings. The number of fused-ring (bicyclic) bond motifs is 1. The number of hydrogen-bond acceptors (Lipinski definition) is 3. The maximum atomic E-state index is 13.2. The highest BCUT2D eigenvalue weighted by Gasteiger charge is 2.25. The fraction of sp³-hybridized carbons (Fsp3) is 0.409. The van der Waals surface area contributed by atoms with E-state index in [2.05, 4.69) is 17.3 Å². The third kappa shape index (κ3) is 3.46. The van der Waals surface area contributed by atoms with Crippen molar-refractivity contribution >= 4 is 16.7 Å². The molecule has 0 radical (unpaired) electrons. The van der Waals surface area contributed by atoms with Crippen LogP contribution in [0.1, 0.15) is 50.5 Å². The van der Waals surface area contributed by atoms with Gasteiger partial charge in [-0.3, -0.25) is 9.59 Å². The van der Waals surface area contributed by atoms with Crippen molar-refractivity contribution in [2.45, 2.75) is 53.0 Å². The van der Waals surface area contributed by atoms with Crippen molar-refractivity contribution in [3.63, 3.8) is 0 Å². The summed E-state index contributed by atoms with van der Waals surface area (Å²) in [6.07, 6.45) is 4.37. The van der Waals surface area contributed by atoms with Gasteiger partial charge in [0.05, 0.1) is 17.3 Å². The van der Waals surface area contributed by atoms with E-state index < -0.39 is 0 Å². The number of nitrogens with one attached hydrogen (secondary N) is 1. The van der Waals surface area contributed by atoms with Gasteiger partial charge in [0.15, 0.2) is 0 Å². The molecule has 0 spiro atoms. The van der Waals surface area contributed by atoms with Gasteiger partial charge < -0.3 is 9.88 Å². The Kier molecular flexibility index (Phi) is 5.97. The second-order valence-electron chi connectivity index (χ2n) is 7.10. The third-order valence-electron chi connectivity index (χ3n) is 5.28. The molecule has 1 atom stereocenters. The highest BCUT2D eigenvalue weighted by atomic mass is 16.2. The molecule has 1 N–H and O–H groups in total. The number of rotatable bonds is 7.